The van der Waals surface area contributed by atoms with Crippen molar-refractivity contribution in [3.63, 3.8) is 0 Å². The van der Waals surface area contributed by atoms with E-state index in [1.54, 1.807) is 57.2 Å². The third-order valence-electron chi connectivity index (χ3n) is 15.3. The molecular weight excluding hydrogens is 1460 g/mol. The molecule has 4 aromatic heterocycles. The Bertz CT molecular complexity index is 4690. The van der Waals surface area contributed by atoms with Crippen LogP contribution in [0, 0.1) is 11.8 Å². The number of nitrogens with zero attached hydrogens (tertiary/aromatic N) is 11. The Labute approximate surface area is 602 Å². The topological polar surface area (TPSA) is 562 Å². The minimum atomic E-state index is -5.84. The third kappa shape index (κ3) is 24.6. The maximum Gasteiger partial charge on any atom is 0.490 e. The Hall–Kier alpha value is -9.86. The number of aromatic nitrogens is 4. The summed E-state index contributed by atoms with van der Waals surface area (Å²) in [6.45, 7) is 8.39. The number of hydrogen-bond donors (Lipinski definition) is 9. The molecule has 1 saturated heterocycles. The van der Waals surface area contributed by atoms with Crippen LogP contribution in [0.1, 0.15) is 106 Å². The molecule has 1 fully saturated rings. The van der Waals surface area contributed by atoms with E-state index >= 15 is 0 Å². The first-order chi connectivity index (χ1) is 50.4. The van der Waals surface area contributed by atoms with Gasteiger partial charge in [0.05, 0.1) is 49.5 Å². The number of phosphoric acid groups is 3. The smallest absolute Gasteiger partial charge is 0.490 e. The second-order valence-corrected chi connectivity index (χ2v) is 28.5. The molecule has 10 N–H and O–H groups in total. The maximum absolute atomic E-state index is 13.6. The lowest BCUT2D eigenvalue weighted by Gasteiger charge is -2.23. The molecule has 7 atom stereocenters. The van der Waals surface area contributed by atoms with Gasteiger partial charge in [-0.2, -0.15) is 8.62 Å². The van der Waals surface area contributed by atoms with Crippen LogP contribution >= 0.6 is 23.5 Å². The molecule has 0 bridgehead atoms. The molecule has 1 aliphatic rings. The summed E-state index contributed by atoms with van der Waals surface area (Å²) < 4.78 is 94.5. The number of hydrogen-bond acceptors (Lipinski definition) is 27. The number of fused-ring (bicyclic) bond motifs is 3. The molecule has 7 aromatic rings. The molecule has 40 nitrogen and oxygen atoms in total. The SMILES string of the molecule is CCN(CC)c1ccc2cc(-c3nc4cc(C(=O)NCCCCC(NC(=O)OC(C)(C)C)C(=O)CCCNC(=O)c5cccc(OCC(N=[N+]=[N-])OCCOCC(=O)NCC#Cc6cn(C7CC(OCN=[N+]=[N-])C(COP(=O)(O)OP(=O)(O)OP(=O)(O)O)O7)c7ncnc(N)c67)c5)ccc4o3)c(=O)oc2c1. The standard InChI is InChI=1S/C63H77N16O24P3/c1-6-78(7-2)42-20-18-38-28-44(61(84)100-49(38)30-42)60-73-46-29-40(19-21-48(46)99-60)59(83)68-22-9-8-16-45(74-62(85)101-63(3,4)5)47(80)17-12-24-69-58(82)39-13-10-15-43(27-39)95-35-53(75-77-66)94-26-25-93-34-52(81)67-23-11-14-41-32-79(57-55(41)56(64)70-36-71-57)54-31-50(96-37-72-76-65)51(98-54)33-97-105(89,90)103-106(91,92)102-104(86,87)88/h10,13,15,18-21,27-30,32,36,45,50-51,53-54H,6-9,12,16-17,22-26,31,33-35,37H2,1-5H3,(H,67,81)(H,68,83)(H,69,82)(H,74,85)(H,89,90)(H,91,92)(H2,64,70,71)(H2,86,87,88). The number of nitrogens with one attached hydrogen (secondary N) is 4. The summed E-state index contributed by atoms with van der Waals surface area (Å²) in [7, 11) is -17.1. The van der Waals surface area contributed by atoms with Gasteiger partial charge in [-0.25, -0.2) is 38.2 Å². The predicted molar refractivity (Wildman–Crippen MR) is 376 cm³/mol. The van der Waals surface area contributed by atoms with Gasteiger partial charge in [-0.15, -0.1) is 0 Å². The van der Waals surface area contributed by atoms with E-state index in [2.05, 4.69) is 81.6 Å². The van der Waals surface area contributed by atoms with Crippen LogP contribution < -0.4 is 42.3 Å². The first kappa shape index (κ1) is 81.8. The summed E-state index contributed by atoms with van der Waals surface area (Å²) in [6.07, 6.45) is -1.49. The number of oxazole rings is 1. The van der Waals surface area contributed by atoms with Crippen molar-refractivity contribution in [3.8, 4) is 29.0 Å². The number of carbonyl (C=O) groups is 5. The minimum absolute atomic E-state index is 0.00610. The lowest BCUT2D eigenvalue weighted by atomic mass is 10.0. The zero-order valence-corrected chi connectivity index (χ0v) is 60.4. The number of ether oxygens (including phenoxy) is 6. The van der Waals surface area contributed by atoms with Crippen LogP contribution in [0.5, 0.6) is 5.75 Å². The normalized spacial score (nSPS) is 16.1. The molecule has 568 valence electrons. The van der Waals surface area contributed by atoms with Crippen molar-refractivity contribution in [1.29, 1.82) is 0 Å². The van der Waals surface area contributed by atoms with Crippen LogP contribution in [0.15, 0.2) is 103 Å². The van der Waals surface area contributed by atoms with Gasteiger partial charge in [0.25, 0.3) is 11.8 Å². The molecule has 7 unspecified atom stereocenters. The van der Waals surface area contributed by atoms with Gasteiger partial charge in [0.15, 0.2) is 17.6 Å². The van der Waals surface area contributed by atoms with Crippen LogP contribution in [-0.2, 0) is 60.1 Å². The number of amides is 4. The van der Waals surface area contributed by atoms with E-state index in [1.165, 1.54) is 22.9 Å². The first-order valence-corrected chi connectivity index (χ1v) is 37.2. The number of azide groups is 2. The lowest BCUT2D eigenvalue weighted by Crippen LogP contribution is -2.43. The summed E-state index contributed by atoms with van der Waals surface area (Å²) in [6, 6.07) is 17.2. The molecule has 0 radical (unpaired) electrons. The fraction of sp³-hybridized carbons (Fsp3) is 0.444. The highest BCUT2D eigenvalue weighted by atomic mass is 31.3. The van der Waals surface area contributed by atoms with Gasteiger partial charge >= 0.3 is 35.2 Å². The van der Waals surface area contributed by atoms with Crippen LogP contribution in [0.25, 0.3) is 65.4 Å². The zero-order chi connectivity index (χ0) is 76.8. The number of carbonyl (C=O) groups excluding carboxylic acids is 5. The number of anilines is 2. The molecule has 0 spiro atoms. The van der Waals surface area contributed by atoms with Gasteiger partial charge in [0.2, 0.25) is 11.8 Å². The maximum atomic E-state index is 13.6. The molecule has 4 amide bonds. The van der Waals surface area contributed by atoms with E-state index in [0.717, 1.165) is 25.1 Å². The van der Waals surface area contributed by atoms with Crippen LogP contribution in [0.4, 0.5) is 16.3 Å². The van der Waals surface area contributed by atoms with Crippen molar-refractivity contribution < 1.29 is 108 Å². The Morgan fingerprint density at radius 3 is 2.36 bits per heavy atom. The number of Topliss-reactive ketones (excluding diaryl/α,β-unsaturated/α-hetero) is 1. The summed E-state index contributed by atoms with van der Waals surface area (Å²) in [4.78, 5) is 136. The molecule has 106 heavy (non-hydrogen) atoms. The zero-order valence-electron chi connectivity index (χ0n) is 57.7. The fourth-order valence-electron chi connectivity index (χ4n) is 10.6. The Morgan fingerprint density at radius 2 is 1.63 bits per heavy atom. The molecule has 5 heterocycles. The average molecular weight is 1540 g/mol. The summed E-state index contributed by atoms with van der Waals surface area (Å²) >= 11 is 0. The molecule has 3 aromatic carbocycles. The molecule has 0 aliphatic carbocycles. The van der Waals surface area contributed by atoms with Crippen molar-refractivity contribution in [2.45, 2.75) is 109 Å². The number of phosphoric ester groups is 1. The molecule has 0 saturated carbocycles. The average Bonchev–Trinajstić information content (AvgIpc) is 1.60. The lowest BCUT2D eigenvalue weighted by molar-refractivity contribution is -0.126. The van der Waals surface area contributed by atoms with E-state index in [0.29, 0.717) is 40.5 Å². The third-order valence-corrected chi connectivity index (χ3v) is 19.1. The number of ketones is 1. The van der Waals surface area contributed by atoms with E-state index in [1.807, 2.05) is 32.0 Å². The van der Waals surface area contributed by atoms with E-state index in [-0.39, 0.29) is 116 Å². The first-order valence-electron chi connectivity index (χ1n) is 32.7. The summed E-state index contributed by atoms with van der Waals surface area (Å²) in [5.74, 6) is 4.15. The van der Waals surface area contributed by atoms with Crippen LogP contribution in [0.3, 0.4) is 0 Å². The van der Waals surface area contributed by atoms with Crippen molar-refractivity contribution in [1.82, 2.24) is 40.8 Å². The number of rotatable bonds is 39. The summed E-state index contributed by atoms with van der Waals surface area (Å²) in [5.41, 5.74) is 25.9. The van der Waals surface area contributed by atoms with E-state index in [4.69, 9.17) is 62.8 Å². The van der Waals surface area contributed by atoms with E-state index < -0.39 is 109 Å². The van der Waals surface area contributed by atoms with Crippen molar-refractivity contribution in [2.75, 3.05) is 83.1 Å². The highest BCUT2D eigenvalue weighted by Gasteiger charge is 2.44. The van der Waals surface area contributed by atoms with Crippen molar-refractivity contribution in [3.05, 3.63) is 127 Å². The minimum Gasteiger partial charge on any atom is -0.491 e. The number of unbranched alkanes of at least 4 members (excludes halogenated alkanes) is 1. The molecule has 1 aliphatic heterocycles. The summed E-state index contributed by atoms with van der Waals surface area (Å²) in [5, 5.41) is 18.7. The van der Waals surface area contributed by atoms with Crippen molar-refractivity contribution >= 4 is 97.7 Å². The Kier molecular flexibility index (Phi) is 29.3. The quantitative estimate of drug-likeness (QED) is 0.00337. The van der Waals surface area contributed by atoms with Gasteiger partial charge in [-0.1, -0.05) is 28.1 Å². The largest absolute Gasteiger partial charge is 0.491 e. The Balaban J connectivity index is 0.738. The number of benzene rings is 3. The van der Waals surface area contributed by atoms with Gasteiger partial charge in [-0.05, 0) is 126 Å². The van der Waals surface area contributed by atoms with Crippen molar-refractivity contribution in [2.24, 2.45) is 10.2 Å². The highest BCUT2D eigenvalue weighted by molar-refractivity contribution is 7.66. The number of nitrogen functional groups attached to an aromatic ring is 1. The number of alkyl carbamates (subject to hydrolysis) is 1. The predicted octanol–water partition coefficient (Wildman–Crippen LogP) is 7.85. The van der Waals surface area contributed by atoms with Crippen LogP contribution in [-0.4, -0.2) is 171 Å². The number of nitrogens with two attached hydrogens (primary N) is 1. The van der Waals surface area contributed by atoms with Gasteiger partial charge in [0.1, 0.15) is 78.1 Å². The Morgan fingerprint density at radius 1 is 0.877 bits per heavy atom. The molecule has 8 rings (SSSR count). The van der Waals surface area contributed by atoms with Gasteiger partial charge in [-0.3, -0.25) is 23.7 Å². The highest BCUT2D eigenvalue weighted by Crippen LogP contribution is 2.66. The molecular formula is C63H77N16O24P3. The van der Waals surface area contributed by atoms with Gasteiger partial charge in [0, 0.05) is 83.3 Å². The second kappa shape index (κ2) is 37.9. The monoisotopic (exact) mass is 1530 g/mol. The van der Waals surface area contributed by atoms with Crippen LogP contribution in [0.2, 0.25) is 0 Å². The van der Waals surface area contributed by atoms with E-state index in [9.17, 15) is 57.8 Å². The second-order valence-electron chi connectivity index (χ2n) is 24.0. The van der Waals surface area contributed by atoms with Gasteiger partial charge < -0.3 is 93.3 Å². The fourth-order valence-corrected chi connectivity index (χ4v) is 13.6. The molecule has 43 heteroatoms.